The normalized spacial score (nSPS) is 18.6. The Bertz CT molecular complexity index is 834. The molecule has 0 spiro atoms. The Kier molecular flexibility index (Phi) is 4.35. The zero-order valence-electron chi connectivity index (χ0n) is 14.4. The number of carbonyl (C=O) groups is 2. The lowest BCUT2D eigenvalue weighted by molar-refractivity contribution is -0.146. The molecule has 0 saturated heterocycles. The summed E-state index contributed by atoms with van der Waals surface area (Å²) in [6.07, 6.45) is 0. The third-order valence-electron chi connectivity index (χ3n) is 4.20. The number of rotatable bonds is 4. The van der Waals surface area contributed by atoms with Crippen LogP contribution in [-0.4, -0.2) is 24.5 Å². The van der Waals surface area contributed by atoms with Crippen molar-refractivity contribution in [3.63, 3.8) is 0 Å². The van der Waals surface area contributed by atoms with E-state index in [0.29, 0.717) is 17.2 Å². The molecule has 2 aromatic carbocycles. The zero-order valence-corrected chi connectivity index (χ0v) is 14.4. The van der Waals surface area contributed by atoms with E-state index in [1.807, 2.05) is 37.3 Å². The lowest BCUT2D eigenvalue weighted by atomic mass is 10.0. The first-order chi connectivity index (χ1) is 11.9. The summed E-state index contributed by atoms with van der Waals surface area (Å²) < 4.78 is 11.0. The van der Waals surface area contributed by atoms with Gasteiger partial charge in [0, 0.05) is 12.1 Å². The predicted octanol–water partition coefficient (Wildman–Crippen LogP) is 2.41. The molecule has 0 aromatic heterocycles. The molecular formula is C19H20N2O4. The number of methoxy groups -OCH3 is 1. The Balaban J connectivity index is 1.77. The topological polar surface area (TPSA) is 76.7 Å². The fourth-order valence-electron chi connectivity index (χ4n) is 2.68. The van der Waals surface area contributed by atoms with E-state index in [1.165, 1.54) is 6.92 Å². The molecule has 0 saturated carbocycles. The third-order valence-corrected chi connectivity index (χ3v) is 4.20. The second-order valence-electron chi connectivity index (χ2n) is 6.08. The van der Waals surface area contributed by atoms with Gasteiger partial charge in [0.25, 0.3) is 17.4 Å². The second kappa shape index (κ2) is 6.47. The number of anilines is 1. The molecule has 130 valence electrons. The summed E-state index contributed by atoms with van der Waals surface area (Å²) in [5.74, 6) is 0.133. The first kappa shape index (κ1) is 16.8. The summed E-state index contributed by atoms with van der Waals surface area (Å²) in [4.78, 5) is 25.1. The van der Waals surface area contributed by atoms with Crippen LogP contribution in [0.3, 0.4) is 0 Å². The van der Waals surface area contributed by atoms with Gasteiger partial charge in [-0.3, -0.25) is 9.59 Å². The summed E-state index contributed by atoms with van der Waals surface area (Å²) in [7, 11) is 1.57. The van der Waals surface area contributed by atoms with Gasteiger partial charge in [-0.05, 0) is 37.6 Å². The molecule has 6 heteroatoms. The second-order valence-corrected chi connectivity index (χ2v) is 6.08. The van der Waals surface area contributed by atoms with Gasteiger partial charge in [-0.15, -0.1) is 0 Å². The average Bonchev–Trinajstić information content (AvgIpc) is 2.61. The van der Waals surface area contributed by atoms with Crippen LogP contribution in [-0.2, 0) is 16.1 Å². The zero-order chi connectivity index (χ0) is 18.0. The molecule has 2 aromatic rings. The van der Waals surface area contributed by atoms with E-state index in [4.69, 9.17) is 9.47 Å². The molecule has 0 fully saturated rings. The van der Waals surface area contributed by atoms with Crippen LogP contribution in [0.4, 0.5) is 5.69 Å². The highest BCUT2D eigenvalue weighted by Gasteiger charge is 2.47. The number of hydrogen-bond acceptors (Lipinski definition) is 4. The Labute approximate surface area is 146 Å². The minimum atomic E-state index is -1.63. The van der Waals surface area contributed by atoms with Crippen molar-refractivity contribution in [3.05, 3.63) is 53.6 Å². The van der Waals surface area contributed by atoms with E-state index >= 15 is 0 Å². The van der Waals surface area contributed by atoms with Gasteiger partial charge in [-0.25, -0.2) is 0 Å². The van der Waals surface area contributed by atoms with E-state index in [2.05, 4.69) is 10.6 Å². The van der Waals surface area contributed by atoms with Gasteiger partial charge in [-0.2, -0.15) is 0 Å². The molecule has 6 nitrogen and oxygen atoms in total. The largest absolute Gasteiger partial charge is 0.496 e. The quantitative estimate of drug-likeness (QED) is 0.838. The van der Waals surface area contributed by atoms with E-state index in [0.717, 1.165) is 11.1 Å². The van der Waals surface area contributed by atoms with Crippen LogP contribution < -0.4 is 20.1 Å². The van der Waals surface area contributed by atoms with Crippen molar-refractivity contribution < 1.29 is 19.1 Å². The Morgan fingerprint density at radius 3 is 2.80 bits per heavy atom. The minimum Gasteiger partial charge on any atom is -0.496 e. The van der Waals surface area contributed by atoms with E-state index in [-0.39, 0.29) is 6.54 Å². The van der Waals surface area contributed by atoms with Gasteiger partial charge in [0.2, 0.25) is 0 Å². The van der Waals surface area contributed by atoms with Crippen molar-refractivity contribution in [1.82, 2.24) is 5.32 Å². The fraction of sp³-hybridized carbons (Fsp3) is 0.263. The maximum Gasteiger partial charge on any atom is 0.278 e. The van der Waals surface area contributed by atoms with E-state index in [9.17, 15) is 9.59 Å². The van der Waals surface area contributed by atoms with Crippen molar-refractivity contribution in [1.29, 1.82) is 0 Å². The minimum absolute atomic E-state index is 0.232. The van der Waals surface area contributed by atoms with E-state index < -0.39 is 17.4 Å². The predicted molar refractivity (Wildman–Crippen MR) is 93.7 cm³/mol. The lowest BCUT2D eigenvalue weighted by Crippen LogP contribution is -2.58. The van der Waals surface area contributed by atoms with Gasteiger partial charge < -0.3 is 20.1 Å². The van der Waals surface area contributed by atoms with Crippen LogP contribution in [0.15, 0.2) is 42.5 Å². The summed E-state index contributed by atoms with van der Waals surface area (Å²) in [5, 5.41) is 5.50. The van der Waals surface area contributed by atoms with Crippen LogP contribution >= 0.6 is 0 Å². The molecule has 2 amide bonds. The Morgan fingerprint density at radius 1 is 1.28 bits per heavy atom. The monoisotopic (exact) mass is 340 g/mol. The molecule has 1 unspecified atom stereocenters. The molecule has 1 aliphatic rings. The first-order valence-electron chi connectivity index (χ1n) is 7.95. The number of hydrogen-bond donors (Lipinski definition) is 2. The number of fused-ring (bicyclic) bond motifs is 1. The molecule has 0 aliphatic carbocycles. The highest BCUT2D eigenvalue weighted by molar-refractivity contribution is 6.15. The smallest absolute Gasteiger partial charge is 0.278 e. The summed E-state index contributed by atoms with van der Waals surface area (Å²) in [6.45, 7) is 3.61. The third kappa shape index (κ3) is 3.15. The summed E-state index contributed by atoms with van der Waals surface area (Å²) in [5.41, 5.74) is 0.741. The highest BCUT2D eigenvalue weighted by atomic mass is 16.5. The van der Waals surface area contributed by atoms with Crippen molar-refractivity contribution in [3.8, 4) is 11.5 Å². The SMILES string of the molecule is COc1ccccc1CNC(=O)C1(C)Oc2ccc(C)cc2NC1=O. The number of para-hydroxylation sites is 1. The van der Waals surface area contributed by atoms with Crippen molar-refractivity contribution in [2.24, 2.45) is 0 Å². The molecule has 1 heterocycles. The fourth-order valence-corrected chi connectivity index (χ4v) is 2.68. The molecule has 3 rings (SSSR count). The number of ether oxygens (including phenoxy) is 2. The van der Waals surface area contributed by atoms with Gasteiger partial charge in [0.05, 0.1) is 12.8 Å². The average molecular weight is 340 g/mol. The summed E-state index contributed by atoms with van der Waals surface area (Å²) >= 11 is 0. The Morgan fingerprint density at radius 2 is 2.04 bits per heavy atom. The number of carbonyl (C=O) groups excluding carboxylic acids is 2. The highest BCUT2D eigenvalue weighted by Crippen LogP contribution is 2.34. The number of amides is 2. The van der Waals surface area contributed by atoms with Crippen molar-refractivity contribution in [2.45, 2.75) is 26.0 Å². The van der Waals surface area contributed by atoms with Crippen LogP contribution in [0.2, 0.25) is 0 Å². The summed E-state index contributed by atoms with van der Waals surface area (Å²) in [6, 6.07) is 12.8. The molecule has 0 radical (unpaired) electrons. The molecule has 25 heavy (non-hydrogen) atoms. The van der Waals surface area contributed by atoms with Gasteiger partial charge in [0.1, 0.15) is 11.5 Å². The van der Waals surface area contributed by atoms with Crippen LogP contribution in [0.25, 0.3) is 0 Å². The number of benzene rings is 2. The molecule has 2 N–H and O–H groups in total. The van der Waals surface area contributed by atoms with E-state index in [1.54, 1.807) is 19.2 Å². The standard InChI is InChI=1S/C19H20N2O4/c1-12-8-9-16-14(10-12)21-18(23)19(2,25-16)17(22)20-11-13-6-4-5-7-15(13)24-3/h4-10H,11H2,1-3H3,(H,20,22)(H,21,23). The van der Waals surface area contributed by atoms with Gasteiger partial charge in [0.15, 0.2) is 0 Å². The van der Waals surface area contributed by atoms with Crippen molar-refractivity contribution >= 4 is 17.5 Å². The van der Waals surface area contributed by atoms with Crippen LogP contribution in [0, 0.1) is 6.92 Å². The maximum absolute atomic E-state index is 12.6. The first-order valence-corrected chi connectivity index (χ1v) is 7.95. The van der Waals surface area contributed by atoms with Crippen LogP contribution in [0.5, 0.6) is 11.5 Å². The Hall–Kier alpha value is -3.02. The van der Waals surface area contributed by atoms with Crippen molar-refractivity contribution in [2.75, 3.05) is 12.4 Å². The number of nitrogens with one attached hydrogen (secondary N) is 2. The molecular weight excluding hydrogens is 320 g/mol. The molecule has 1 aliphatic heterocycles. The maximum atomic E-state index is 12.6. The van der Waals surface area contributed by atoms with Gasteiger partial charge in [-0.1, -0.05) is 24.3 Å². The molecule has 1 atom stereocenters. The van der Waals surface area contributed by atoms with Gasteiger partial charge >= 0.3 is 0 Å². The lowest BCUT2D eigenvalue weighted by Gasteiger charge is -2.33. The molecule has 0 bridgehead atoms. The van der Waals surface area contributed by atoms with Crippen LogP contribution in [0.1, 0.15) is 18.1 Å². The number of aryl methyl sites for hydroxylation is 1.